The maximum Gasteiger partial charge on any atom is 0.324 e. The molecule has 1 saturated carbocycles. The monoisotopic (exact) mass is 314 g/mol. The fraction of sp³-hybridized carbons (Fsp3) is 0.533. The molecule has 0 aliphatic heterocycles. The molecule has 0 radical (unpaired) electrons. The minimum absolute atomic E-state index is 0.0821. The molecule has 1 aromatic carbocycles. The average molecular weight is 315 g/mol. The zero-order valence-corrected chi connectivity index (χ0v) is 13.0. The smallest absolute Gasteiger partial charge is 0.324 e. The molecule has 6 heteroatoms. The van der Waals surface area contributed by atoms with E-state index in [-0.39, 0.29) is 23.9 Å². The van der Waals surface area contributed by atoms with Crippen molar-refractivity contribution in [2.24, 2.45) is 0 Å². The van der Waals surface area contributed by atoms with Crippen molar-refractivity contribution in [2.75, 3.05) is 19.0 Å². The van der Waals surface area contributed by atoms with Crippen LogP contribution in [0.5, 0.6) is 0 Å². The van der Waals surface area contributed by atoms with E-state index in [9.17, 15) is 14.3 Å². The SMILES string of the molecule is CN(C(=O)N(C)C1CCC(O)CC1)c1ccc(Cl)cc1F. The standard InChI is InChI=1S/C15H20ClFN2O2/c1-18(11-4-6-12(20)7-5-11)15(21)19(2)14-8-3-10(16)9-13(14)17/h3,8-9,11-12,20H,4-7H2,1-2H3. The van der Waals surface area contributed by atoms with Crippen LogP contribution in [0.3, 0.4) is 0 Å². The van der Waals surface area contributed by atoms with Gasteiger partial charge in [0.25, 0.3) is 0 Å². The van der Waals surface area contributed by atoms with Crippen molar-refractivity contribution >= 4 is 23.3 Å². The fourth-order valence-corrected chi connectivity index (χ4v) is 2.85. The predicted molar refractivity (Wildman–Crippen MR) is 81.2 cm³/mol. The molecule has 0 atom stereocenters. The highest BCUT2D eigenvalue weighted by atomic mass is 35.5. The van der Waals surface area contributed by atoms with E-state index in [1.54, 1.807) is 25.1 Å². The summed E-state index contributed by atoms with van der Waals surface area (Å²) in [5.41, 5.74) is 0.201. The number of amides is 2. The van der Waals surface area contributed by atoms with Gasteiger partial charge in [-0.05, 0) is 43.9 Å². The second kappa shape index (κ2) is 6.62. The number of anilines is 1. The quantitative estimate of drug-likeness (QED) is 0.910. The molecule has 2 rings (SSSR count). The Morgan fingerprint density at radius 3 is 2.48 bits per heavy atom. The van der Waals surface area contributed by atoms with E-state index in [2.05, 4.69) is 0 Å². The van der Waals surface area contributed by atoms with Crippen LogP contribution in [-0.2, 0) is 0 Å². The molecule has 0 bridgehead atoms. The maximum absolute atomic E-state index is 13.9. The van der Waals surface area contributed by atoms with Crippen molar-refractivity contribution in [3.63, 3.8) is 0 Å². The van der Waals surface area contributed by atoms with E-state index in [0.717, 1.165) is 12.8 Å². The normalized spacial score (nSPS) is 22.0. The van der Waals surface area contributed by atoms with Gasteiger partial charge in [-0.2, -0.15) is 0 Å². The molecular formula is C15H20ClFN2O2. The Morgan fingerprint density at radius 2 is 1.90 bits per heavy atom. The van der Waals surface area contributed by atoms with Gasteiger partial charge in [-0.25, -0.2) is 9.18 Å². The van der Waals surface area contributed by atoms with Crippen molar-refractivity contribution in [3.05, 3.63) is 29.0 Å². The maximum atomic E-state index is 13.9. The summed E-state index contributed by atoms with van der Waals surface area (Å²) in [6.07, 6.45) is 2.65. The van der Waals surface area contributed by atoms with Crippen molar-refractivity contribution in [3.8, 4) is 0 Å². The number of hydrogen-bond acceptors (Lipinski definition) is 2. The summed E-state index contributed by atoms with van der Waals surface area (Å²) in [7, 11) is 3.26. The second-order valence-electron chi connectivity index (χ2n) is 5.51. The van der Waals surface area contributed by atoms with E-state index >= 15 is 0 Å². The number of halogens is 2. The highest BCUT2D eigenvalue weighted by Gasteiger charge is 2.28. The number of carbonyl (C=O) groups excluding carboxylic acids is 1. The minimum Gasteiger partial charge on any atom is -0.393 e. The van der Waals surface area contributed by atoms with E-state index < -0.39 is 5.82 Å². The molecule has 1 aliphatic rings. The second-order valence-corrected chi connectivity index (χ2v) is 5.95. The number of hydrogen-bond donors (Lipinski definition) is 1. The molecule has 4 nitrogen and oxygen atoms in total. The number of benzene rings is 1. The van der Waals surface area contributed by atoms with E-state index in [4.69, 9.17) is 11.6 Å². The molecular weight excluding hydrogens is 295 g/mol. The minimum atomic E-state index is -0.522. The van der Waals surface area contributed by atoms with Gasteiger partial charge >= 0.3 is 6.03 Å². The lowest BCUT2D eigenvalue weighted by Crippen LogP contribution is -2.46. The van der Waals surface area contributed by atoms with Crippen molar-refractivity contribution in [1.29, 1.82) is 0 Å². The number of aliphatic hydroxyl groups excluding tert-OH is 1. The Bertz CT molecular complexity index is 518. The third-order valence-corrected chi connectivity index (χ3v) is 4.31. The average Bonchev–Trinajstić information content (AvgIpc) is 2.46. The van der Waals surface area contributed by atoms with Crippen LogP contribution in [0.15, 0.2) is 18.2 Å². The molecule has 0 aromatic heterocycles. The van der Waals surface area contributed by atoms with Crippen LogP contribution in [0.1, 0.15) is 25.7 Å². The van der Waals surface area contributed by atoms with Crippen LogP contribution >= 0.6 is 11.6 Å². The summed E-state index contributed by atoms with van der Waals surface area (Å²) in [6, 6.07) is 4.06. The Kier molecular flexibility index (Phi) is 5.06. The lowest BCUT2D eigenvalue weighted by Gasteiger charge is -2.35. The molecule has 1 aromatic rings. The first-order valence-corrected chi connectivity index (χ1v) is 7.41. The van der Waals surface area contributed by atoms with Gasteiger partial charge in [0, 0.05) is 25.2 Å². The van der Waals surface area contributed by atoms with Gasteiger partial charge in [-0.1, -0.05) is 11.6 Å². The van der Waals surface area contributed by atoms with Gasteiger partial charge in [-0.15, -0.1) is 0 Å². The summed E-state index contributed by atoms with van der Waals surface area (Å²) < 4.78 is 13.9. The van der Waals surface area contributed by atoms with Crippen LogP contribution in [0, 0.1) is 5.82 Å². The van der Waals surface area contributed by atoms with Crippen molar-refractivity contribution in [1.82, 2.24) is 4.90 Å². The third kappa shape index (κ3) is 3.66. The summed E-state index contributed by atoms with van der Waals surface area (Å²) >= 11 is 5.72. The Balaban J connectivity index is 2.07. The molecule has 0 spiro atoms. The first-order valence-electron chi connectivity index (χ1n) is 7.03. The van der Waals surface area contributed by atoms with Crippen molar-refractivity contribution in [2.45, 2.75) is 37.8 Å². The van der Waals surface area contributed by atoms with E-state index in [1.165, 1.54) is 17.0 Å². The summed E-state index contributed by atoms with van der Waals surface area (Å²) in [5.74, 6) is -0.522. The van der Waals surface area contributed by atoms with Crippen LogP contribution in [0.4, 0.5) is 14.9 Å². The number of rotatable bonds is 2. The third-order valence-electron chi connectivity index (χ3n) is 4.07. The topological polar surface area (TPSA) is 43.8 Å². The fourth-order valence-electron chi connectivity index (χ4n) is 2.69. The lowest BCUT2D eigenvalue weighted by molar-refractivity contribution is 0.0933. The van der Waals surface area contributed by atoms with Gasteiger partial charge < -0.3 is 10.0 Å². The summed E-state index contributed by atoms with van der Waals surface area (Å²) in [5, 5.41) is 9.82. The van der Waals surface area contributed by atoms with E-state index in [1.807, 2.05) is 0 Å². The number of nitrogens with zero attached hydrogens (tertiary/aromatic N) is 2. The number of urea groups is 1. The predicted octanol–water partition coefficient (Wildman–Crippen LogP) is 3.27. The highest BCUT2D eigenvalue weighted by Crippen LogP contribution is 2.26. The molecule has 0 heterocycles. The lowest BCUT2D eigenvalue weighted by atomic mass is 9.92. The van der Waals surface area contributed by atoms with Crippen LogP contribution in [-0.4, -0.2) is 42.3 Å². The van der Waals surface area contributed by atoms with Gasteiger partial charge in [0.15, 0.2) is 0 Å². The number of aliphatic hydroxyl groups is 1. The highest BCUT2D eigenvalue weighted by molar-refractivity contribution is 6.30. The van der Waals surface area contributed by atoms with Crippen LogP contribution in [0.2, 0.25) is 5.02 Å². The van der Waals surface area contributed by atoms with E-state index in [0.29, 0.717) is 17.9 Å². The zero-order valence-electron chi connectivity index (χ0n) is 12.2. The van der Waals surface area contributed by atoms with Gasteiger partial charge in [-0.3, -0.25) is 4.90 Å². The van der Waals surface area contributed by atoms with Crippen LogP contribution < -0.4 is 4.90 Å². The molecule has 0 unspecified atom stereocenters. The molecule has 1 N–H and O–H groups in total. The number of carbonyl (C=O) groups is 1. The summed E-state index contributed by atoms with van der Waals surface area (Å²) in [6.45, 7) is 0. The zero-order chi connectivity index (χ0) is 15.6. The van der Waals surface area contributed by atoms with Crippen molar-refractivity contribution < 1.29 is 14.3 Å². The molecule has 1 fully saturated rings. The Labute approximate surface area is 129 Å². The molecule has 0 saturated heterocycles. The Morgan fingerprint density at radius 1 is 1.29 bits per heavy atom. The summed E-state index contributed by atoms with van der Waals surface area (Å²) in [4.78, 5) is 15.4. The first-order chi connectivity index (χ1) is 9.90. The van der Waals surface area contributed by atoms with Crippen LogP contribution in [0.25, 0.3) is 0 Å². The van der Waals surface area contributed by atoms with Gasteiger partial charge in [0.2, 0.25) is 0 Å². The molecule has 2 amide bonds. The molecule has 1 aliphatic carbocycles. The Hall–Kier alpha value is -1.33. The first kappa shape index (κ1) is 16.0. The van der Waals surface area contributed by atoms with Gasteiger partial charge in [0.1, 0.15) is 5.82 Å². The van der Waals surface area contributed by atoms with Gasteiger partial charge in [0.05, 0.1) is 11.8 Å². The molecule has 116 valence electrons. The largest absolute Gasteiger partial charge is 0.393 e. The molecule has 21 heavy (non-hydrogen) atoms.